The fourth-order valence-electron chi connectivity index (χ4n) is 2.88. The van der Waals surface area contributed by atoms with Crippen LogP contribution >= 0.6 is 22.6 Å². The number of alkyl halides is 1. The number of halogens is 1. The van der Waals surface area contributed by atoms with Crippen LogP contribution in [0.5, 0.6) is 0 Å². The summed E-state index contributed by atoms with van der Waals surface area (Å²) in [6.45, 7) is 1.25. The molecule has 4 unspecified atom stereocenters. The summed E-state index contributed by atoms with van der Waals surface area (Å²) in [5.74, 6) is 4.28. The van der Waals surface area contributed by atoms with Crippen LogP contribution in [0.3, 0.4) is 0 Å². The zero-order chi connectivity index (χ0) is 8.55. The highest BCUT2D eigenvalue weighted by Crippen LogP contribution is 2.55. The van der Waals surface area contributed by atoms with Gasteiger partial charge in [0.05, 0.1) is 0 Å². The quantitative estimate of drug-likeness (QED) is 0.617. The molecule has 70 valence electrons. The van der Waals surface area contributed by atoms with Crippen LogP contribution in [0.15, 0.2) is 0 Å². The lowest BCUT2D eigenvalue weighted by Gasteiger charge is -2.29. The van der Waals surface area contributed by atoms with Crippen LogP contribution in [0.1, 0.15) is 19.3 Å². The average Bonchev–Trinajstić information content (AvgIpc) is 2.83. The SMILES string of the molecule is CNCC1CCC2CC2C1CI. The molecule has 0 heterocycles. The molecule has 0 aromatic carbocycles. The van der Waals surface area contributed by atoms with E-state index in [-0.39, 0.29) is 0 Å². The van der Waals surface area contributed by atoms with Gasteiger partial charge in [0.1, 0.15) is 0 Å². The van der Waals surface area contributed by atoms with E-state index in [9.17, 15) is 0 Å². The molecule has 2 aliphatic rings. The van der Waals surface area contributed by atoms with Gasteiger partial charge in [-0.25, -0.2) is 0 Å². The van der Waals surface area contributed by atoms with Gasteiger partial charge in [-0.15, -0.1) is 0 Å². The Morgan fingerprint density at radius 2 is 2.25 bits per heavy atom. The van der Waals surface area contributed by atoms with Crippen molar-refractivity contribution in [3.63, 3.8) is 0 Å². The van der Waals surface area contributed by atoms with Crippen molar-refractivity contribution in [2.45, 2.75) is 19.3 Å². The molecule has 2 saturated carbocycles. The van der Waals surface area contributed by atoms with Gasteiger partial charge in [0.15, 0.2) is 0 Å². The summed E-state index contributed by atoms with van der Waals surface area (Å²) in [4.78, 5) is 0. The van der Waals surface area contributed by atoms with E-state index < -0.39 is 0 Å². The molecule has 0 amide bonds. The van der Waals surface area contributed by atoms with Crippen molar-refractivity contribution in [1.29, 1.82) is 0 Å². The molecule has 2 heteroatoms. The number of rotatable bonds is 3. The molecule has 0 aliphatic heterocycles. The van der Waals surface area contributed by atoms with E-state index in [1.807, 2.05) is 0 Å². The molecule has 1 N–H and O–H groups in total. The van der Waals surface area contributed by atoms with Crippen LogP contribution < -0.4 is 5.32 Å². The molecule has 0 bridgehead atoms. The largest absolute Gasteiger partial charge is 0.319 e. The maximum Gasteiger partial charge on any atom is 0.00295 e. The van der Waals surface area contributed by atoms with E-state index in [1.54, 1.807) is 6.42 Å². The molecule has 2 fully saturated rings. The van der Waals surface area contributed by atoms with Crippen LogP contribution in [0, 0.1) is 23.7 Å². The number of fused-ring (bicyclic) bond motifs is 1. The summed E-state index contributed by atoms with van der Waals surface area (Å²) in [6, 6.07) is 0. The van der Waals surface area contributed by atoms with Gasteiger partial charge in [-0.2, -0.15) is 0 Å². The first-order chi connectivity index (χ1) is 5.86. The molecular weight excluding hydrogens is 261 g/mol. The van der Waals surface area contributed by atoms with Crippen LogP contribution in [-0.4, -0.2) is 18.0 Å². The van der Waals surface area contributed by atoms with Gasteiger partial charge in [-0.1, -0.05) is 22.6 Å². The smallest absolute Gasteiger partial charge is 0.00295 e. The fraction of sp³-hybridized carbons (Fsp3) is 1.00. The molecule has 2 aliphatic carbocycles. The van der Waals surface area contributed by atoms with Crippen LogP contribution in [0.2, 0.25) is 0 Å². The molecule has 2 rings (SSSR count). The second-order valence-corrected chi connectivity index (χ2v) is 5.25. The van der Waals surface area contributed by atoms with Gasteiger partial charge in [0.2, 0.25) is 0 Å². The Labute approximate surface area is 88.8 Å². The van der Waals surface area contributed by atoms with E-state index in [0.29, 0.717) is 0 Å². The third-order valence-electron chi connectivity index (χ3n) is 3.69. The maximum absolute atomic E-state index is 3.34. The molecule has 0 aromatic rings. The Bertz CT molecular complexity index is 160. The van der Waals surface area contributed by atoms with Crippen molar-refractivity contribution in [2.75, 3.05) is 18.0 Å². The van der Waals surface area contributed by atoms with Gasteiger partial charge in [-0.05, 0) is 56.5 Å². The Kier molecular flexibility index (Phi) is 2.95. The third-order valence-corrected chi connectivity index (χ3v) is 4.70. The Morgan fingerprint density at radius 1 is 1.42 bits per heavy atom. The minimum Gasteiger partial charge on any atom is -0.319 e. The van der Waals surface area contributed by atoms with Gasteiger partial charge >= 0.3 is 0 Å². The van der Waals surface area contributed by atoms with E-state index >= 15 is 0 Å². The summed E-state index contributed by atoms with van der Waals surface area (Å²) >= 11 is 2.58. The molecule has 0 aromatic heterocycles. The predicted molar refractivity (Wildman–Crippen MR) is 60.6 cm³/mol. The van der Waals surface area contributed by atoms with E-state index in [2.05, 4.69) is 35.0 Å². The molecule has 4 atom stereocenters. The topological polar surface area (TPSA) is 12.0 Å². The van der Waals surface area contributed by atoms with Crippen molar-refractivity contribution >= 4 is 22.6 Å². The highest BCUT2D eigenvalue weighted by Gasteiger charge is 2.48. The molecule has 0 spiro atoms. The van der Waals surface area contributed by atoms with E-state index in [1.165, 1.54) is 23.8 Å². The summed E-state index contributed by atoms with van der Waals surface area (Å²) in [5.41, 5.74) is 0. The van der Waals surface area contributed by atoms with E-state index in [0.717, 1.165) is 23.7 Å². The van der Waals surface area contributed by atoms with Crippen LogP contribution in [0.4, 0.5) is 0 Å². The second kappa shape index (κ2) is 3.82. The summed E-state index contributed by atoms with van der Waals surface area (Å²) in [6.07, 6.45) is 4.55. The summed E-state index contributed by atoms with van der Waals surface area (Å²) in [5, 5.41) is 3.34. The number of hydrogen-bond donors (Lipinski definition) is 1. The highest BCUT2D eigenvalue weighted by molar-refractivity contribution is 14.1. The minimum atomic E-state index is 0.982. The van der Waals surface area contributed by atoms with Gasteiger partial charge < -0.3 is 5.32 Å². The molecule has 0 radical (unpaired) electrons. The normalized spacial score (nSPS) is 45.5. The molecule has 0 saturated heterocycles. The van der Waals surface area contributed by atoms with Crippen molar-refractivity contribution in [2.24, 2.45) is 23.7 Å². The van der Waals surface area contributed by atoms with Crippen molar-refractivity contribution in [3.05, 3.63) is 0 Å². The first-order valence-electron chi connectivity index (χ1n) is 5.07. The van der Waals surface area contributed by atoms with Gasteiger partial charge in [0.25, 0.3) is 0 Å². The zero-order valence-electron chi connectivity index (χ0n) is 7.72. The first-order valence-corrected chi connectivity index (χ1v) is 6.60. The lowest BCUT2D eigenvalue weighted by molar-refractivity contribution is 0.244. The molecule has 12 heavy (non-hydrogen) atoms. The zero-order valence-corrected chi connectivity index (χ0v) is 9.88. The Hall–Kier alpha value is 0.690. The predicted octanol–water partition coefficient (Wildman–Crippen LogP) is 2.30. The Balaban J connectivity index is 1.92. The third kappa shape index (κ3) is 1.65. The standard InChI is InChI=1S/C10H18IN/c1-12-6-8-3-2-7-4-9(7)10(8)5-11/h7-10,12H,2-6H2,1H3. The van der Waals surface area contributed by atoms with Crippen LogP contribution in [-0.2, 0) is 0 Å². The molecular formula is C10H18IN. The van der Waals surface area contributed by atoms with E-state index in [4.69, 9.17) is 0 Å². The lowest BCUT2D eigenvalue weighted by Crippen LogP contribution is -2.31. The average molecular weight is 279 g/mol. The molecule has 1 nitrogen and oxygen atoms in total. The summed E-state index contributed by atoms with van der Waals surface area (Å²) < 4.78 is 1.38. The van der Waals surface area contributed by atoms with Crippen molar-refractivity contribution < 1.29 is 0 Å². The second-order valence-electron chi connectivity index (χ2n) is 4.37. The number of nitrogens with one attached hydrogen (secondary N) is 1. The van der Waals surface area contributed by atoms with Crippen molar-refractivity contribution in [3.8, 4) is 0 Å². The lowest BCUT2D eigenvalue weighted by atomic mass is 9.80. The van der Waals surface area contributed by atoms with Crippen LogP contribution in [0.25, 0.3) is 0 Å². The Morgan fingerprint density at radius 3 is 2.92 bits per heavy atom. The monoisotopic (exact) mass is 279 g/mol. The minimum absolute atomic E-state index is 0.982. The fourth-order valence-corrected chi connectivity index (χ4v) is 4.25. The summed E-state index contributed by atoms with van der Waals surface area (Å²) in [7, 11) is 2.09. The van der Waals surface area contributed by atoms with Gasteiger partial charge in [-0.3, -0.25) is 0 Å². The van der Waals surface area contributed by atoms with Crippen molar-refractivity contribution in [1.82, 2.24) is 5.32 Å². The first kappa shape index (κ1) is 9.25. The highest BCUT2D eigenvalue weighted by atomic mass is 127. The maximum atomic E-state index is 3.34. The number of hydrogen-bond acceptors (Lipinski definition) is 1. The van der Waals surface area contributed by atoms with Gasteiger partial charge in [0, 0.05) is 4.43 Å².